The lowest BCUT2D eigenvalue weighted by molar-refractivity contribution is -0.140. The maximum Gasteiger partial charge on any atom is 0.256 e. The van der Waals surface area contributed by atoms with Gasteiger partial charge in [-0.3, -0.25) is 9.48 Å². The van der Waals surface area contributed by atoms with Crippen LogP contribution in [0.15, 0.2) is 85.6 Å². The van der Waals surface area contributed by atoms with Gasteiger partial charge in [0.05, 0.1) is 11.7 Å². The van der Waals surface area contributed by atoms with Crippen LogP contribution in [0.25, 0.3) is 27.8 Å². The number of aryl methyl sites for hydroxylation is 1. The predicted molar refractivity (Wildman–Crippen MR) is 141 cm³/mol. The topological polar surface area (TPSA) is 91.8 Å². The molecule has 0 aliphatic carbocycles. The summed E-state index contributed by atoms with van der Waals surface area (Å²) < 4.78 is 3.67. The highest BCUT2D eigenvalue weighted by molar-refractivity contribution is 5.84. The summed E-state index contributed by atoms with van der Waals surface area (Å²) in [6.07, 6.45) is 8.39. The Morgan fingerprint density at radius 2 is 1.70 bits per heavy atom. The maximum atomic E-state index is 12.8. The van der Waals surface area contributed by atoms with Gasteiger partial charge in [-0.2, -0.15) is 10.2 Å². The van der Waals surface area contributed by atoms with E-state index in [0.29, 0.717) is 31.7 Å². The molecule has 1 atom stereocenters. The number of nitrogens with zero attached hydrogens (tertiary/aromatic N) is 7. The van der Waals surface area contributed by atoms with Gasteiger partial charge in [0.25, 0.3) is 5.91 Å². The van der Waals surface area contributed by atoms with Crippen molar-refractivity contribution in [3.05, 3.63) is 91.1 Å². The third kappa shape index (κ3) is 4.45. The van der Waals surface area contributed by atoms with Crippen LogP contribution in [0.2, 0.25) is 0 Å². The Bertz CT molecular complexity index is 1530. The largest absolute Gasteiger partial charge is 0.378 e. The van der Waals surface area contributed by atoms with Crippen LogP contribution in [-0.2, 0) is 11.8 Å². The molecule has 5 aromatic rings. The van der Waals surface area contributed by atoms with Crippen molar-refractivity contribution < 1.29 is 9.90 Å². The first-order valence-electron chi connectivity index (χ1n) is 12.3. The van der Waals surface area contributed by atoms with E-state index in [0.717, 1.165) is 33.6 Å². The summed E-state index contributed by atoms with van der Waals surface area (Å²) >= 11 is 0. The number of hydrogen-bond donors (Lipinski definition) is 1. The van der Waals surface area contributed by atoms with Crippen LogP contribution in [0, 0.1) is 0 Å². The Morgan fingerprint density at radius 3 is 2.41 bits per heavy atom. The first-order chi connectivity index (χ1) is 18.1. The minimum absolute atomic E-state index is 0.257. The smallest absolute Gasteiger partial charge is 0.256 e. The van der Waals surface area contributed by atoms with Crippen molar-refractivity contribution in [1.82, 2.24) is 29.3 Å². The molecule has 0 radical (unpaired) electrons. The highest BCUT2D eigenvalue weighted by atomic mass is 16.3. The SMILES string of the molecule is Cn1cc(-c2cc(-c3ccc(N4CCN(C(=O)[C@H](O)c5ccccc5)CC4)nc3)c3ccnn3c2)cn1. The van der Waals surface area contributed by atoms with Gasteiger partial charge in [0, 0.05) is 80.3 Å². The van der Waals surface area contributed by atoms with E-state index in [-0.39, 0.29) is 5.91 Å². The number of piperazine rings is 1. The number of aliphatic hydroxyl groups excluding tert-OH is 1. The van der Waals surface area contributed by atoms with E-state index >= 15 is 0 Å². The second kappa shape index (κ2) is 9.51. The molecule has 186 valence electrons. The summed E-state index contributed by atoms with van der Waals surface area (Å²) in [5.41, 5.74) is 5.72. The Morgan fingerprint density at radius 1 is 0.892 bits per heavy atom. The van der Waals surface area contributed by atoms with Crippen molar-refractivity contribution in [1.29, 1.82) is 0 Å². The Labute approximate surface area is 214 Å². The van der Waals surface area contributed by atoms with E-state index in [1.165, 1.54) is 0 Å². The molecule has 5 heterocycles. The molecule has 1 amide bonds. The molecule has 4 aromatic heterocycles. The number of benzene rings is 1. The van der Waals surface area contributed by atoms with Gasteiger partial charge in [-0.25, -0.2) is 9.50 Å². The summed E-state index contributed by atoms with van der Waals surface area (Å²) in [4.78, 5) is 21.4. The van der Waals surface area contributed by atoms with Crippen molar-refractivity contribution in [3.8, 4) is 22.3 Å². The fourth-order valence-corrected chi connectivity index (χ4v) is 4.83. The van der Waals surface area contributed by atoms with Gasteiger partial charge in [-0.15, -0.1) is 0 Å². The van der Waals surface area contributed by atoms with Gasteiger partial charge >= 0.3 is 0 Å². The molecule has 1 aliphatic heterocycles. The number of pyridine rings is 2. The van der Waals surface area contributed by atoms with Crippen molar-refractivity contribution in [2.75, 3.05) is 31.1 Å². The van der Waals surface area contributed by atoms with Crippen LogP contribution in [0.4, 0.5) is 5.82 Å². The molecule has 37 heavy (non-hydrogen) atoms. The number of anilines is 1. The van der Waals surface area contributed by atoms with E-state index in [9.17, 15) is 9.90 Å². The number of aromatic nitrogens is 5. The van der Waals surface area contributed by atoms with Crippen LogP contribution in [0.5, 0.6) is 0 Å². The summed E-state index contributed by atoms with van der Waals surface area (Å²) in [5.74, 6) is 0.611. The highest BCUT2D eigenvalue weighted by Gasteiger charge is 2.27. The molecule has 1 aliphatic rings. The lowest BCUT2D eigenvalue weighted by Crippen LogP contribution is -2.50. The van der Waals surface area contributed by atoms with Crippen molar-refractivity contribution >= 4 is 17.2 Å². The van der Waals surface area contributed by atoms with Crippen LogP contribution in [-0.4, -0.2) is 66.5 Å². The number of amides is 1. The first-order valence-corrected chi connectivity index (χ1v) is 12.3. The van der Waals surface area contributed by atoms with E-state index in [4.69, 9.17) is 4.98 Å². The summed E-state index contributed by atoms with van der Waals surface area (Å²) in [5, 5.41) is 19.2. The molecule has 0 unspecified atom stereocenters. The zero-order valence-electron chi connectivity index (χ0n) is 20.5. The number of carbonyl (C=O) groups excluding carboxylic acids is 1. The molecular weight excluding hydrogens is 466 g/mol. The summed E-state index contributed by atoms with van der Waals surface area (Å²) in [6, 6.07) is 17.3. The Hall–Kier alpha value is -4.50. The van der Waals surface area contributed by atoms with Crippen LogP contribution >= 0.6 is 0 Å². The zero-order valence-corrected chi connectivity index (χ0v) is 20.5. The Kier molecular flexibility index (Phi) is 5.90. The number of aliphatic hydroxyl groups is 1. The molecule has 9 heteroatoms. The average Bonchev–Trinajstić information content (AvgIpc) is 3.61. The van der Waals surface area contributed by atoms with E-state index in [2.05, 4.69) is 27.2 Å². The standard InChI is InChI=1S/C28H27N7O2/c1-32-18-23(17-31-32)22-15-24(25-9-10-30-35(25)19-22)21-7-8-26(29-16-21)33-11-13-34(14-12-33)28(37)27(36)20-5-3-2-4-6-20/h2-10,15-19,27,36H,11-14H2,1H3/t27-/m1/s1. The minimum atomic E-state index is -1.13. The summed E-state index contributed by atoms with van der Waals surface area (Å²) in [7, 11) is 1.90. The fraction of sp³-hybridized carbons (Fsp3) is 0.214. The number of carbonyl (C=O) groups is 1. The van der Waals surface area contributed by atoms with Gasteiger partial charge in [0.15, 0.2) is 6.10 Å². The molecule has 0 spiro atoms. The molecule has 1 N–H and O–H groups in total. The predicted octanol–water partition coefficient (Wildman–Crippen LogP) is 3.18. The second-order valence-electron chi connectivity index (χ2n) is 9.24. The molecule has 0 saturated carbocycles. The molecule has 1 fully saturated rings. The van der Waals surface area contributed by atoms with Crippen LogP contribution < -0.4 is 4.90 Å². The van der Waals surface area contributed by atoms with Gasteiger partial charge < -0.3 is 14.9 Å². The quantitative estimate of drug-likeness (QED) is 0.404. The van der Waals surface area contributed by atoms with Crippen LogP contribution in [0.1, 0.15) is 11.7 Å². The third-order valence-electron chi connectivity index (χ3n) is 6.87. The Balaban J connectivity index is 1.18. The van der Waals surface area contributed by atoms with E-state index in [1.54, 1.807) is 27.9 Å². The zero-order chi connectivity index (χ0) is 25.4. The molecule has 1 saturated heterocycles. The van der Waals surface area contributed by atoms with Crippen molar-refractivity contribution in [2.24, 2.45) is 7.05 Å². The molecule has 1 aromatic carbocycles. The molecular formula is C28H27N7O2. The maximum absolute atomic E-state index is 12.8. The minimum Gasteiger partial charge on any atom is -0.378 e. The van der Waals surface area contributed by atoms with Gasteiger partial charge in [0.1, 0.15) is 5.82 Å². The van der Waals surface area contributed by atoms with Gasteiger partial charge in [0.2, 0.25) is 0 Å². The molecule has 0 bridgehead atoms. The third-order valence-corrected chi connectivity index (χ3v) is 6.87. The van der Waals surface area contributed by atoms with Gasteiger partial charge in [-0.1, -0.05) is 30.3 Å². The van der Waals surface area contributed by atoms with E-state index < -0.39 is 6.10 Å². The normalized spacial score (nSPS) is 14.8. The fourth-order valence-electron chi connectivity index (χ4n) is 4.83. The number of rotatable bonds is 5. The summed E-state index contributed by atoms with van der Waals surface area (Å²) in [6.45, 7) is 2.39. The molecule has 6 rings (SSSR count). The highest BCUT2D eigenvalue weighted by Crippen LogP contribution is 2.30. The van der Waals surface area contributed by atoms with E-state index in [1.807, 2.05) is 66.7 Å². The molecule has 9 nitrogen and oxygen atoms in total. The van der Waals surface area contributed by atoms with Crippen molar-refractivity contribution in [3.63, 3.8) is 0 Å². The monoisotopic (exact) mass is 493 g/mol. The number of hydrogen-bond acceptors (Lipinski definition) is 6. The average molecular weight is 494 g/mol. The van der Waals surface area contributed by atoms with Crippen LogP contribution in [0.3, 0.4) is 0 Å². The number of fused-ring (bicyclic) bond motifs is 1. The lowest BCUT2D eigenvalue weighted by Gasteiger charge is -2.36. The second-order valence-corrected chi connectivity index (χ2v) is 9.24. The van der Waals surface area contributed by atoms with Crippen molar-refractivity contribution in [2.45, 2.75) is 6.10 Å². The van der Waals surface area contributed by atoms with Gasteiger partial charge in [-0.05, 0) is 29.8 Å². The lowest BCUT2D eigenvalue weighted by atomic mass is 10.0. The first kappa shape index (κ1) is 22.9.